The summed E-state index contributed by atoms with van der Waals surface area (Å²) >= 11 is 1.01. The second kappa shape index (κ2) is 8.76. The van der Waals surface area contributed by atoms with Crippen LogP contribution in [0.5, 0.6) is 0 Å². The molecular weight excluding hydrogens is 400 g/mol. The smallest absolute Gasteiger partial charge is 0.413 e. The van der Waals surface area contributed by atoms with Crippen molar-refractivity contribution in [3.8, 4) is 0 Å². The quantitative estimate of drug-likeness (QED) is 0.418. The van der Waals surface area contributed by atoms with Gasteiger partial charge in [-0.1, -0.05) is 5.16 Å². The molecule has 0 aliphatic carbocycles. The molecule has 0 unspecified atom stereocenters. The summed E-state index contributed by atoms with van der Waals surface area (Å²) in [7, 11) is 0. The lowest BCUT2D eigenvalue weighted by molar-refractivity contribution is -0.179. The molecule has 1 radical (unpaired) electrons. The van der Waals surface area contributed by atoms with Gasteiger partial charge in [-0.05, 0) is 55.4 Å². The number of ether oxygens (including phenoxy) is 2. The topological polar surface area (TPSA) is 140 Å². The van der Waals surface area contributed by atoms with Crippen LogP contribution in [0.3, 0.4) is 0 Å². The van der Waals surface area contributed by atoms with E-state index in [0.29, 0.717) is 0 Å². The minimum atomic E-state index is -1.50. The third-order valence-electron chi connectivity index (χ3n) is 2.83. The SMILES string of the molecule is CC(C)(C)OC(=O)Nc1nc(C(=NOC(C)(C)C(=O)OC(C)(C)C)C([NH])=O)cs1. The van der Waals surface area contributed by atoms with Gasteiger partial charge >= 0.3 is 12.1 Å². The molecule has 2 N–H and O–H groups in total. The first-order valence-corrected chi connectivity index (χ1v) is 9.59. The van der Waals surface area contributed by atoms with Crippen molar-refractivity contribution in [2.75, 3.05) is 5.32 Å². The summed E-state index contributed by atoms with van der Waals surface area (Å²) in [5.74, 6) is -1.85. The van der Waals surface area contributed by atoms with E-state index in [1.165, 1.54) is 19.2 Å². The lowest BCUT2D eigenvalue weighted by atomic mass is 10.1. The van der Waals surface area contributed by atoms with E-state index in [9.17, 15) is 14.4 Å². The Morgan fingerprint density at radius 1 is 1.03 bits per heavy atom. The van der Waals surface area contributed by atoms with E-state index >= 15 is 0 Å². The van der Waals surface area contributed by atoms with Crippen molar-refractivity contribution < 1.29 is 28.7 Å². The predicted molar refractivity (Wildman–Crippen MR) is 108 cm³/mol. The van der Waals surface area contributed by atoms with Crippen molar-refractivity contribution in [3.05, 3.63) is 11.1 Å². The maximum atomic E-state index is 12.2. The van der Waals surface area contributed by atoms with Gasteiger partial charge in [0, 0.05) is 5.38 Å². The van der Waals surface area contributed by atoms with Crippen molar-refractivity contribution in [1.82, 2.24) is 10.7 Å². The van der Waals surface area contributed by atoms with Crippen LogP contribution in [0.1, 0.15) is 61.1 Å². The van der Waals surface area contributed by atoms with Gasteiger partial charge < -0.3 is 14.3 Å². The van der Waals surface area contributed by atoms with Crippen molar-refractivity contribution >= 4 is 40.1 Å². The van der Waals surface area contributed by atoms with Gasteiger partial charge in [-0.25, -0.2) is 14.6 Å². The van der Waals surface area contributed by atoms with Gasteiger partial charge in [-0.3, -0.25) is 15.8 Å². The number of nitrogens with zero attached hydrogens (tertiary/aromatic N) is 2. The summed E-state index contributed by atoms with van der Waals surface area (Å²) in [6, 6.07) is 0. The molecule has 0 saturated carbocycles. The van der Waals surface area contributed by atoms with Crippen LogP contribution < -0.4 is 11.1 Å². The standard InChI is InChI=1S/C18H27N4O6S/c1-16(2,3)26-13(24)18(7,8)28-22-11(12(19)23)10-9-29-14(20-10)21-15(25)27-17(4,5)6/h9,19H,1-8H3,(H,20,21,25). The van der Waals surface area contributed by atoms with E-state index in [-0.39, 0.29) is 10.8 Å². The molecule has 1 aromatic rings. The van der Waals surface area contributed by atoms with Crippen LogP contribution >= 0.6 is 11.3 Å². The summed E-state index contributed by atoms with van der Waals surface area (Å²) in [5.41, 5.74) is 4.07. The Hall–Kier alpha value is -2.69. The Balaban J connectivity index is 2.96. The first kappa shape index (κ1) is 24.3. The van der Waals surface area contributed by atoms with Crippen LogP contribution in [0.2, 0.25) is 0 Å². The van der Waals surface area contributed by atoms with Crippen LogP contribution in [-0.2, 0) is 23.9 Å². The Morgan fingerprint density at radius 2 is 1.59 bits per heavy atom. The molecule has 10 nitrogen and oxygen atoms in total. The molecule has 2 amide bonds. The molecule has 0 aromatic carbocycles. The van der Waals surface area contributed by atoms with E-state index in [2.05, 4.69) is 15.5 Å². The first-order chi connectivity index (χ1) is 13.0. The summed E-state index contributed by atoms with van der Waals surface area (Å²) in [6.45, 7) is 13.1. The minimum Gasteiger partial charge on any atom is -0.457 e. The fourth-order valence-electron chi connectivity index (χ4n) is 1.63. The lowest BCUT2D eigenvalue weighted by Crippen LogP contribution is -2.40. The van der Waals surface area contributed by atoms with Gasteiger partial charge in [0.1, 0.15) is 16.9 Å². The van der Waals surface area contributed by atoms with Crippen molar-refractivity contribution in [1.29, 1.82) is 0 Å². The number of hydrogen-bond donors (Lipinski definition) is 1. The van der Waals surface area contributed by atoms with Gasteiger partial charge in [0.15, 0.2) is 10.8 Å². The average Bonchev–Trinajstić information content (AvgIpc) is 2.91. The molecule has 1 heterocycles. The molecular formula is C18H27N4O6S. The third-order valence-corrected chi connectivity index (χ3v) is 3.58. The van der Waals surface area contributed by atoms with Gasteiger partial charge in [0.2, 0.25) is 5.60 Å². The fraction of sp³-hybridized carbons (Fsp3) is 0.611. The van der Waals surface area contributed by atoms with Crippen LogP contribution in [0, 0.1) is 0 Å². The van der Waals surface area contributed by atoms with Gasteiger partial charge in [0.05, 0.1) is 0 Å². The maximum absolute atomic E-state index is 12.2. The van der Waals surface area contributed by atoms with E-state index < -0.39 is 40.5 Å². The van der Waals surface area contributed by atoms with Gasteiger partial charge in [0.25, 0.3) is 5.91 Å². The number of rotatable bonds is 6. The second-order valence-electron chi connectivity index (χ2n) is 8.54. The van der Waals surface area contributed by atoms with Crippen molar-refractivity contribution in [2.45, 2.75) is 72.2 Å². The van der Waals surface area contributed by atoms with E-state index in [4.69, 9.17) is 20.0 Å². The van der Waals surface area contributed by atoms with Crippen LogP contribution in [0.15, 0.2) is 10.5 Å². The number of anilines is 1. The third kappa shape index (κ3) is 8.46. The number of hydrogen-bond acceptors (Lipinski definition) is 9. The second-order valence-corrected chi connectivity index (χ2v) is 9.40. The fourth-order valence-corrected chi connectivity index (χ4v) is 2.31. The lowest BCUT2D eigenvalue weighted by Gasteiger charge is -2.26. The zero-order valence-electron chi connectivity index (χ0n) is 17.8. The monoisotopic (exact) mass is 427 g/mol. The molecule has 1 rings (SSSR count). The van der Waals surface area contributed by atoms with E-state index in [1.807, 2.05) is 0 Å². The molecule has 161 valence electrons. The molecule has 0 saturated heterocycles. The van der Waals surface area contributed by atoms with Gasteiger partial charge in [-0.2, -0.15) is 0 Å². The number of aromatic nitrogens is 1. The molecule has 0 aliphatic rings. The predicted octanol–water partition coefficient (Wildman–Crippen LogP) is 3.14. The van der Waals surface area contributed by atoms with Crippen LogP contribution in [0.25, 0.3) is 0 Å². The zero-order valence-corrected chi connectivity index (χ0v) is 18.6. The van der Waals surface area contributed by atoms with Crippen LogP contribution in [0.4, 0.5) is 9.93 Å². The largest absolute Gasteiger partial charge is 0.457 e. The van der Waals surface area contributed by atoms with Gasteiger partial charge in [-0.15, -0.1) is 11.3 Å². The molecule has 0 spiro atoms. The summed E-state index contributed by atoms with van der Waals surface area (Å²) in [5, 5.41) is 7.65. The van der Waals surface area contributed by atoms with Crippen LogP contribution in [-0.4, -0.2) is 45.5 Å². The number of amides is 2. The number of nitrogens with one attached hydrogen (secondary N) is 2. The number of oxime groups is 1. The van der Waals surface area contributed by atoms with Crippen molar-refractivity contribution in [2.24, 2.45) is 5.16 Å². The first-order valence-electron chi connectivity index (χ1n) is 8.71. The average molecular weight is 428 g/mol. The maximum Gasteiger partial charge on any atom is 0.413 e. The summed E-state index contributed by atoms with van der Waals surface area (Å²) < 4.78 is 10.4. The normalized spacial score (nSPS) is 12.9. The summed E-state index contributed by atoms with van der Waals surface area (Å²) in [4.78, 5) is 44.9. The Kier molecular flexibility index (Phi) is 7.36. The molecule has 1 aromatic heterocycles. The van der Waals surface area contributed by atoms with E-state index in [0.717, 1.165) is 11.3 Å². The highest BCUT2D eigenvalue weighted by molar-refractivity contribution is 7.14. The highest BCUT2D eigenvalue weighted by atomic mass is 32.1. The Bertz CT molecular complexity index is 802. The zero-order chi connectivity index (χ0) is 22.6. The number of carbonyl (C=O) groups is 3. The highest BCUT2D eigenvalue weighted by Gasteiger charge is 2.36. The van der Waals surface area contributed by atoms with E-state index in [1.54, 1.807) is 41.5 Å². The Labute approximate surface area is 173 Å². The number of carbonyl (C=O) groups excluding carboxylic acids is 3. The molecule has 0 fully saturated rings. The number of thiazole rings is 1. The minimum absolute atomic E-state index is 0.0149. The molecule has 0 atom stereocenters. The molecule has 29 heavy (non-hydrogen) atoms. The highest BCUT2D eigenvalue weighted by Crippen LogP contribution is 2.20. The molecule has 11 heteroatoms. The van der Waals surface area contributed by atoms with Crippen molar-refractivity contribution in [3.63, 3.8) is 0 Å². The number of esters is 1. The molecule has 0 bridgehead atoms. The molecule has 0 aliphatic heterocycles. The summed E-state index contributed by atoms with van der Waals surface area (Å²) in [6.07, 6.45) is -0.712. The Morgan fingerprint density at radius 3 is 2.07 bits per heavy atom.